The second-order valence-corrected chi connectivity index (χ2v) is 6.97. The van der Waals surface area contributed by atoms with Crippen molar-refractivity contribution >= 4 is 34.8 Å². The zero-order valence-electron chi connectivity index (χ0n) is 17.0. The lowest BCUT2D eigenvalue weighted by atomic mass is 10.1. The van der Waals surface area contributed by atoms with Crippen LogP contribution >= 0.6 is 11.6 Å². The largest absolute Gasteiger partial charge is 0.478 e. The third kappa shape index (κ3) is 5.78. The molecule has 0 aliphatic heterocycles. The predicted molar refractivity (Wildman–Crippen MR) is 114 cm³/mol. The van der Waals surface area contributed by atoms with Gasteiger partial charge in [0.2, 0.25) is 5.88 Å². The Bertz CT molecular complexity index is 1200. The molecule has 172 valence electrons. The van der Waals surface area contributed by atoms with Gasteiger partial charge in [-0.05, 0) is 43.3 Å². The Morgan fingerprint density at radius 1 is 1.03 bits per heavy atom. The summed E-state index contributed by atoms with van der Waals surface area (Å²) in [7, 11) is 0. The third-order valence-electron chi connectivity index (χ3n) is 4.28. The molecule has 0 radical (unpaired) electrons. The van der Waals surface area contributed by atoms with Crippen molar-refractivity contribution in [1.82, 2.24) is 4.98 Å². The van der Waals surface area contributed by atoms with Crippen LogP contribution in [0.3, 0.4) is 0 Å². The van der Waals surface area contributed by atoms with Crippen molar-refractivity contribution in [2.75, 3.05) is 17.2 Å². The van der Waals surface area contributed by atoms with Gasteiger partial charge in [0.15, 0.2) is 5.69 Å². The number of carbonyl (C=O) groups is 2. The lowest BCUT2D eigenvalue weighted by Crippen LogP contribution is -2.19. The van der Waals surface area contributed by atoms with E-state index < -0.39 is 35.1 Å². The number of benzene rings is 2. The van der Waals surface area contributed by atoms with Gasteiger partial charge in [0.1, 0.15) is 5.82 Å². The van der Waals surface area contributed by atoms with Gasteiger partial charge in [-0.1, -0.05) is 23.7 Å². The number of ether oxygens (including phenoxy) is 1. The van der Waals surface area contributed by atoms with Gasteiger partial charge in [0, 0.05) is 11.8 Å². The van der Waals surface area contributed by atoms with Crippen LogP contribution in [0, 0.1) is 5.82 Å². The van der Waals surface area contributed by atoms with Crippen molar-refractivity contribution in [3.05, 3.63) is 82.3 Å². The molecule has 1 aromatic heterocycles. The zero-order chi connectivity index (χ0) is 24.2. The fraction of sp³-hybridized carbons (Fsp3) is 0.136. The Morgan fingerprint density at radius 3 is 2.42 bits per heavy atom. The Hall–Kier alpha value is -3.66. The summed E-state index contributed by atoms with van der Waals surface area (Å²) in [6, 6.07) is 10.5. The highest BCUT2D eigenvalue weighted by Crippen LogP contribution is 2.37. The van der Waals surface area contributed by atoms with Crippen LogP contribution in [-0.4, -0.2) is 23.4 Å². The molecular weight excluding hydrogens is 466 g/mol. The summed E-state index contributed by atoms with van der Waals surface area (Å²) in [4.78, 5) is 28.7. The van der Waals surface area contributed by atoms with Gasteiger partial charge in [-0.3, -0.25) is 9.59 Å². The van der Waals surface area contributed by atoms with E-state index in [0.717, 1.165) is 18.2 Å². The number of amides is 2. The number of hydrogen-bond donors (Lipinski definition) is 2. The molecule has 2 amide bonds. The highest BCUT2D eigenvalue weighted by molar-refractivity contribution is 6.34. The van der Waals surface area contributed by atoms with Crippen molar-refractivity contribution in [1.29, 1.82) is 0 Å². The summed E-state index contributed by atoms with van der Waals surface area (Å²) in [6.07, 6.45) is -4.88. The predicted octanol–water partition coefficient (Wildman–Crippen LogP) is 5.80. The van der Waals surface area contributed by atoms with Crippen LogP contribution in [-0.2, 0) is 6.18 Å². The molecule has 0 aliphatic rings. The summed E-state index contributed by atoms with van der Waals surface area (Å²) >= 11 is 5.96. The van der Waals surface area contributed by atoms with E-state index in [9.17, 15) is 27.2 Å². The molecule has 0 fully saturated rings. The van der Waals surface area contributed by atoms with Gasteiger partial charge < -0.3 is 15.4 Å². The molecule has 0 saturated carbocycles. The first-order valence-electron chi connectivity index (χ1n) is 9.48. The fourth-order valence-corrected chi connectivity index (χ4v) is 2.99. The van der Waals surface area contributed by atoms with Gasteiger partial charge >= 0.3 is 6.18 Å². The molecule has 0 aliphatic carbocycles. The van der Waals surface area contributed by atoms with Crippen LogP contribution in [0.15, 0.2) is 54.6 Å². The Balaban J connectivity index is 1.89. The maximum Gasteiger partial charge on any atom is 0.418 e. The molecule has 1 heterocycles. The van der Waals surface area contributed by atoms with Gasteiger partial charge in [-0.2, -0.15) is 13.2 Å². The number of pyridine rings is 1. The van der Waals surface area contributed by atoms with E-state index in [2.05, 4.69) is 15.6 Å². The second kappa shape index (κ2) is 9.86. The summed E-state index contributed by atoms with van der Waals surface area (Å²) < 4.78 is 59.9. The third-order valence-corrected chi connectivity index (χ3v) is 4.58. The van der Waals surface area contributed by atoms with E-state index >= 15 is 0 Å². The first kappa shape index (κ1) is 24.0. The van der Waals surface area contributed by atoms with Gasteiger partial charge in [0.05, 0.1) is 28.4 Å². The van der Waals surface area contributed by atoms with Crippen molar-refractivity contribution < 1.29 is 31.9 Å². The summed E-state index contributed by atoms with van der Waals surface area (Å²) in [5, 5.41) is 4.26. The molecule has 3 rings (SSSR count). The van der Waals surface area contributed by atoms with Crippen molar-refractivity contribution in [3.8, 4) is 5.88 Å². The van der Waals surface area contributed by atoms with Gasteiger partial charge in [-0.15, -0.1) is 0 Å². The van der Waals surface area contributed by atoms with E-state index in [-0.39, 0.29) is 34.5 Å². The highest BCUT2D eigenvalue weighted by atomic mass is 35.5. The van der Waals surface area contributed by atoms with Gasteiger partial charge in [0.25, 0.3) is 11.8 Å². The first-order chi connectivity index (χ1) is 15.6. The number of hydrogen-bond acceptors (Lipinski definition) is 4. The molecule has 11 heteroatoms. The van der Waals surface area contributed by atoms with Crippen LogP contribution in [0.5, 0.6) is 5.88 Å². The Labute approximate surface area is 190 Å². The molecule has 0 bridgehead atoms. The topological polar surface area (TPSA) is 80.3 Å². The molecular formula is C22H16ClF4N3O3. The smallest absolute Gasteiger partial charge is 0.418 e. The number of carbonyl (C=O) groups excluding carboxylic acids is 2. The number of rotatable bonds is 6. The van der Waals surface area contributed by atoms with Crippen molar-refractivity contribution in [3.63, 3.8) is 0 Å². The fourth-order valence-electron chi connectivity index (χ4n) is 2.80. The lowest BCUT2D eigenvalue weighted by molar-refractivity contribution is -0.136. The molecule has 3 aromatic rings. The average Bonchev–Trinajstić information content (AvgIpc) is 2.75. The normalized spacial score (nSPS) is 11.1. The molecule has 0 unspecified atom stereocenters. The van der Waals surface area contributed by atoms with Crippen LogP contribution in [0.1, 0.15) is 33.3 Å². The number of aromatic nitrogens is 1. The summed E-state index contributed by atoms with van der Waals surface area (Å²) in [5.74, 6) is -2.67. The average molecular weight is 482 g/mol. The standard InChI is InChI=1S/C22H16ClF4N3O3/c1-2-33-18-10-8-15(23)19(30-18)21(32)29-17-9-7-12(11-14(17)22(25,26)27)28-20(31)13-5-3-4-6-16(13)24/h3-11H,2H2,1H3,(H,28,31)(H,29,32). The number of nitrogens with zero attached hydrogens (tertiary/aromatic N) is 1. The van der Waals surface area contributed by atoms with Crippen LogP contribution in [0.25, 0.3) is 0 Å². The molecule has 0 saturated heterocycles. The molecule has 2 aromatic carbocycles. The molecule has 0 atom stereocenters. The van der Waals surface area contributed by atoms with Crippen LogP contribution in [0.4, 0.5) is 28.9 Å². The quantitative estimate of drug-likeness (QED) is 0.436. The highest BCUT2D eigenvalue weighted by Gasteiger charge is 2.35. The minimum atomic E-state index is -4.88. The zero-order valence-corrected chi connectivity index (χ0v) is 17.7. The lowest BCUT2D eigenvalue weighted by Gasteiger charge is -2.16. The first-order valence-corrected chi connectivity index (χ1v) is 9.85. The molecule has 2 N–H and O–H groups in total. The van der Waals surface area contributed by atoms with Crippen LogP contribution < -0.4 is 15.4 Å². The van der Waals surface area contributed by atoms with E-state index in [1.807, 2.05) is 0 Å². The second-order valence-electron chi connectivity index (χ2n) is 6.56. The minimum absolute atomic E-state index is 0.0781. The number of nitrogens with one attached hydrogen (secondary N) is 2. The van der Waals surface area contributed by atoms with Crippen LogP contribution in [0.2, 0.25) is 5.02 Å². The molecule has 33 heavy (non-hydrogen) atoms. The maximum atomic E-state index is 13.8. The van der Waals surface area contributed by atoms with Crippen molar-refractivity contribution in [2.45, 2.75) is 13.1 Å². The number of halogens is 5. The summed E-state index contributed by atoms with van der Waals surface area (Å²) in [5.41, 5.74) is -2.73. The SMILES string of the molecule is CCOc1ccc(Cl)c(C(=O)Nc2ccc(NC(=O)c3ccccc3F)cc2C(F)(F)F)n1. The van der Waals surface area contributed by atoms with E-state index in [4.69, 9.17) is 16.3 Å². The Kier molecular flexibility index (Phi) is 7.17. The molecule has 6 nitrogen and oxygen atoms in total. The summed E-state index contributed by atoms with van der Waals surface area (Å²) in [6.45, 7) is 1.95. The minimum Gasteiger partial charge on any atom is -0.478 e. The van der Waals surface area contributed by atoms with Gasteiger partial charge in [-0.25, -0.2) is 9.37 Å². The number of anilines is 2. The van der Waals surface area contributed by atoms with E-state index in [1.54, 1.807) is 6.92 Å². The number of alkyl halides is 3. The molecule has 0 spiro atoms. The van der Waals surface area contributed by atoms with E-state index in [1.165, 1.54) is 30.3 Å². The maximum absolute atomic E-state index is 13.8. The monoisotopic (exact) mass is 481 g/mol. The Morgan fingerprint density at radius 2 is 1.76 bits per heavy atom. The van der Waals surface area contributed by atoms with Crippen molar-refractivity contribution in [2.24, 2.45) is 0 Å². The van der Waals surface area contributed by atoms with E-state index in [0.29, 0.717) is 6.07 Å².